The number of thioether (sulfide) groups is 2. The molecule has 216 valence electrons. The van der Waals surface area contributed by atoms with Gasteiger partial charge in [0.05, 0.1) is 29.6 Å². The number of hydrogen-bond acceptors (Lipinski definition) is 7. The molecule has 0 bridgehead atoms. The molecule has 0 radical (unpaired) electrons. The Balaban J connectivity index is 1.35. The summed E-state index contributed by atoms with van der Waals surface area (Å²) < 4.78 is 15.6. The first-order valence-electron chi connectivity index (χ1n) is 14.3. The lowest BCUT2D eigenvalue weighted by Gasteiger charge is -2.61. The molecule has 1 aromatic carbocycles. The monoisotopic (exact) mass is 586 g/mol. The van der Waals surface area contributed by atoms with Crippen molar-refractivity contribution in [2.24, 2.45) is 34.5 Å². The average Bonchev–Trinajstić information content (AvgIpc) is 3.50. The van der Waals surface area contributed by atoms with Gasteiger partial charge in [-0.05, 0) is 98.1 Å². The van der Waals surface area contributed by atoms with Crippen LogP contribution >= 0.6 is 23.5 Å². The zero-order valence-electron chi connectivity index (χ0n) is 23.6. The Morgan fingerprint density at radius 3 is 2.67 bits per heavy atom. The molecule has 1 unspecified atom stereocenters. The fourth-order valence-corrected chi connectivity index (χ4v) is 10.2. The van der Waals surface area contributed by atoms with Crippen LogP contribution in [0.2, 0.25) is 0 Å². The predicted molar refractivity (Wildman–Crippen MR) is 157 cm³/mol. The fraction of sp³-hybridized carbons (Fsp3) is 0.613. The first kappa shape index (κ1) is 28.3. The Morgan fingerprint density at radius 1 is 1.18 bits per heavy atom. The summed E-state index contributed by atoms with van der Waals surface area (Å²) in [5, 5.41) is 16.8. The maximum absolute atomic E-state index is 13.7. The first-order valence-corrected chi connectivity index (χ1v) is 17.1. The predicted octanol–water partition coefficient (Wildman–Crippen LogP) is 6.48. The lowest BCUT2D eigenvalue weighted by Crippen LogP contribution is -2.58. The van der Waals surface area contributed by atoms with E-state index in [2.05, 4.69) is 26.2 Å². The van der Waals surface area contributed by atoms with Crippen molar-refractivity contribution in [1.29, 1.82) is 0 Å². The van der Waals surface area contributed by atoms with Gasteiger partial charge in [-0.1, -0.05) is 19.4 Å². The van der Waals surface area contributed by atoms with Crippen molar-refractivity contribution in [3.8, 4) is 5.69 Å². The van der Waals surface area contributed by atoms with Crippen molar-refractivity contribution in [2.45, 2.75) is 58.0 Å². The molecule has 4 aliphatic carbocycles. The van der Waals surface area contributed by atoms with Crippen LogP contribution in [0.15, 0.2) is 36.0 Å². The van der Waals surface area contributed by atoms with E-state index in [-0.39, 0.29) is 40.4 Å². The number of rotatable bonds is 7. The van der Waals surface area contributed by atoms with Crippen molar-refractivity contribution in [2.75, 3.05) is 24.2 Å². The number of allylic oxidation sites excluding steroid dienone is 1. The van der Waals surface area contributed by atoms with E-state index in [0.29, 0.717) is 24.2 Å². The van der Waals surface area contributed by atoms with E-state index in [1.54, 1.807) is 12.1 Å². The number of aliphatic hydroxyl groups is 1. The van der Waals surface area contributed by atoms with E-state index in [9.17, 15) is 14.3 Å². The van der Waals surface area contributed by atoms with Crippen molar-refractivity contribution in [1.82, 2.24) is 9.78 Å². The summed E-state index contributed by atoms with van der Waals surface area (Å²) in [6.07, 6.45) is 12.1. The highest BCUT2D eigenvalue weighted by Crippen LogP contribution is 2.69. The van der Waals surface area contributed by atoms with Crippen LogP contribution in [0.5, 0.6) is 0 Å². The molecule has 9 heteroatoms. The summed E-state index contributed by atoms with van der Waals surface area (Å²) in [4.78, 5) is 23.4. The minimum Gasteiger partial charge on any atom is -0.393 e. The van der Waals surface area contributed by atoms with Crippen LogP contribution in [0.4, 0.5) is 4.39 Å². The van der Waals surface area contributed by atoms with Gasteiger partial charge in [-0.3, -0.25) is 4.89 Å². The second-order valence-corrected chi connectivity index (χ2v) is 14.2. The number of aromatic nitrogens is 2. The molecule has 6 nitrogen and oxygen atoms in total. The molecule has 3 fully saturated rings. The van der Waals surface area contributed by atoms with Crippen LogP contribution < -0.4 is 0 Å². The molecule has 6 rings (SSSR count). The highest BCUT2D eigenvalue weighted by Gasteiger charge is 2.65. The Labute approximate surface area is 244 Å². The van der Waals surface area contributed by atoms with Gasteiger partial charge in [0.2, 0.25) is 0 Å². The quantitative estimate of drug-likeness (QED) is 0.172. The normalized spacial score (nSPS) is 36.2. The standard InChI is InChI=1S/C31H39FN2O4S2/c1-30-14-27(35)28-21(23(30)11-12-24(30)29(36)38-37-17-40-4)10-5-18-13-26-22(25(16-39-3)31(18,28)2)15-33-34(26)20-8-6-19(32)7-9-20/h6-9,13,15,21,23-25,27-28,35H,5,10-12,14,16-17H2,1-4H3/t21-,23-,24-,25-,27-,28+,30-,31?/m0/s1. The summed E-state index contributed by atoms with van der Waals surface area (Å²) >= 11 is 3.30. The van der Waals surface area contributed by atoms with Gasteiger partial charge >= 0.3 is 5.97 Å². The Kier molecular flexibility index (Phi) is 7.64. The number of nitrogens with zero attached hydrogens (tertiary/aromatic N) is 2. The molecule has 4 aliphatic rings. The van der Waals surface area contributed by atoms with Crippen LogP contribution in [0.25, 0.3) is 11.8 Å². The fourth-order valence-electron chi connectivity index (χ4n) is 9.15. The summed E-state index contributed by atoms with van der Waals surface area (Å²) in [5.41, 5.74) is 3.98. The van der Waals surface area contributed by atoms with E-state index in [4.69, 9.17) is 14.9 Å². The van der Waals surface area contributed by atoms with Crippen molar-refractivity contribution in [3.05, 3.63) is 53.1 Å². The van der Waals surface area contributed by atoms with Gasteiger partial charge in [-0.25, -0.2) is 13.9 Å². The molecular formula is C31H39FN2O4S2. The van der Waals surface area contributed by atoms with Crippen molar-refractivity contribution in [3.63, 3.8) is 0 Å². The number of carbonyl (C=O) groups is 1. The average molecular weight is 587 g/mol. The number of halogens is 1. The minimum absolute atomic E-state index is 0.104. The molecule has 1 heterocycles. The zero-order chi connectivity index (χ0) is 28.2. The van der Waals surface area contributed by atoms with Crippen LogP contribution in [0, 0.1) is 40.3 Å². The van der Waals surface area contributed by atoms with Crippen LogP contribution in [0.3, 0.4) is 0 Å². The van der Waals surface area contributed by atoms with Gasteiger partial charge in [0.25, 0.3) is 0 Å². The third-order valence-electron chi connectivity index (χ3n) is 10.8. The molecule has 8 atom stereocenters. The third-order valence-corrected chi connectivity index (χ3v) is 11.8. The molecule has 1 aromatic heterocycles. The second-order valence-electron chi connectivity index (χ2n) is 12.5. The second kappa shape index (κ2) is 10.8. The SMILES string of the molecule is CSCOOC(=O)[C@@H]1CC[C@H]2[C@@H]3CCC4=Cc5c(cnn5-c5ccc(F)cc5)[C@H](CSC)C4(C)[C@H]3[C@@H](O)C[C@]12C. The van der Waals surface area contributed by atoms with Crippen LogP contribution in [0.1, 0.15) is 63.1 Å². The first-order chi connectivity index (χ1) is 19.2. The largest absolute Gasteiger partial charge is 0.393 e. The molecule has 0 spiro atoms. The molecule has 2 aromatic rings. The van der Waals surface area contributed by atoms with E-state index in [0.717, 1.165) is 42.8 Å². The maximum Gasteiger partial charge on any atom is 0.345 e. The highest BCUT2D eigenvalue weighted by atomic mass is 32.2. The summed E-state index contributed by atoms with van der Waals surface area (Å²) in [7, 11) is 0. The summed E-state index contributed by atoms with van der Waals surface area (Å²) in [5.74, 6) is 1.42. The molecule has 0 aliphatic heterocycles. The van der Waals surface area contributed by atoms with Crippen molar-refractivity contribution >= 4 is 35.6 Å². The topological polar surface area (TPSA) is 73.6 Å². The van der Waals surface area contributed by atoms with E-state index < -0.39 is 6.10 Å². The van der Waals surface area contributed by atoms with Gasteiger partial charge in [0, 0.05) is 22.6 Å². The number of benzene rings is 1. The van der Waals surface area contributed by atoms with Gasteiger partial charge < -0.3 is 5.11 Å². The Hall–Kier alpha value is -1.81. The van der Waals surface area contributed by atoms with Crippen LogP contribution in [-0.4, -0.2) is 51.2 Å². The molecule has 0 saturated heterocycles. The van der Waals surface area contributed by atoms with E-state index in [1.165, 1.54) is 35.0 Å². The zero-order valence-corrected chi connectivity index (χ0v) is 25.3. The number of hydrogen-bond donors (Lipinski definition) is 1. The van der Waals surface area contributed by atoms with Gasteiger partial charge in [0.1, 0.15) is 11.8 Å². The number of fused-ring (bicyclic) bond motifs is 6. The number of carbonyl (C=O) groups excluding carboxylic acids is 1. The molecule has 1 N–H and O–H groups in total. The lowest BCUT2D eigenvalue weighted by molar-refractivity contribution is -0.268. The molecule has 0 amide bonds. The van der Waals surface area contributed by atoms with Gasteiger partial charge in [0.15, 0.2) is 0 Å². The number of aliphatic hydroxyl groups excluding tert-OH is 1. The summed E-state index contributed by atoms with van der Waals surface area (Å²) in [6.45, 7) is 4.57. The van der Waals surface area contributed by atoms with Gasteiger partial charge in [-0.15, -0.1) is 11.8 Å². The Morgan fingerprint density at radius 2 is 1.95 bits per heavy atom. The highest BCUT2D eigenvalue weighted by molar-refractivity contribution is 7.98. The van der Waals surface area contributed by atoms with E-state index >= 15 is 0 Å². The summed E-state index contributed by atoms with van der Waals surface area (Å²) in [6, 6.07) is 6.50. The molecular weight excluding hydrogens is 547 g/mol. The smallest absolute Gasteiger partial charge is 0.345 e. The van der Waals surface area contributed by atoms with Crippen molar-refractivity contribution < 1.29 is 24.1 Å². The lowest BCUT2D eigenvalue weighted by atomic mass is 9.44. The molecule has 3 saturated carbocycles. The van der Waals surface area contributed by atoms with Gasteiger partial charge in [-0.2, -0.15) is 21.7 Å². The van der Waals surface area contributed by atoms with Crippen LogP contribution in [-0.2, 0) is 14.6 Å². The third kappa shape index (κ3) is 4.29. The molecule has 40 heavy (non-hydrogen) atoms. The van der Waals surface area contributed by atoms with E-state index in [1.807, 2.05) is 28.9 Å². The Bertz CT molecular complexity index is 1300. The minimum atomic E-state index is -0.515. The maximum atomic E-state index is 13.7.